The smallest absolute Gasteiger partial charge is 0.191 e. The van der Waals surface area contributed by atoms with E-state index in [0.717, 1.165) is 38.6 Å². The second-order valence-electron chi connectivity index (χ2n) is 6.15. The van der Waals surface area contributed by atoms with Gasteiger partial charge in [-0.05, 0) is 31.4 Å². The van der Waals surface area contributed by atoms with Crippen LogP contribution in [0.4, 0.5) is 0 Å². The Morgan fingerprint density at radius 2 is 1.54 bits per heavy atom. The second kappa shape index (κ2) is 19.4. The molecule has 2 N–H and O–H groups in total. The predicted molar refractivity (Wildman–Crippen MR) is 127 cm³/mol. The molecule has 0 heterocycles. The van der Waals surface area contributed by atoms with Crippen LogP contribution in [-0.2, 0) is 27.4 Å². The van der Waals surface area contributed by atoms with Gasteiger partial charge in [-0.3, -0.25) is 0 Å². The van der Waals surface area contributed by atoms with Crippen molar-refractivity contribution in [1.82, 2.24) is 10.6 Å². The van der Waals surface area contributed by atoms with Crippen molar-refractivity contribution >= 4 is 29.9 Å². The van der Waals surface area contributed by atoms with E-state index in [-0.39, 0.29) is 24.0 Å². The molecule has 28 heavy (non-hydrogen) atoms. The number of aliphatic imine (C=N–C) groups is 1. The van der Waals surface area contributed by atoms with Crippen LogP contribution in [0.2, 0.25) is 0 Å². The first-order valence-electron chi connectivity index (χ1n) is 10.1. The Balaban J connectivity index is 0.00000729. The van der Waals surface area contributed by atoms with Crippen molar-refractivity contribution in [1.29, 1.82) is 0 Å². The fraction of sp³-hybridized carbons (Fsp3) is 0.667. The van der Waals surface area contributed by atoms with Crippen LogP contribution in [0.3, 0.4) is 0 Å². The highest BCUT2D eigenvalue weighted by atomic mass is 127. The molecular weight excluding hydrogens is 469 g/mol. The molecule has 1 rings (SSSR count). The molecule has 0 spiro atoms. The number of benzene rings is 1. The second-order valence-corrected chi connectivity index (χ2v) is 6.15. The zero-order chi connectivity index (χ0) is 19.6. The normalized spacial score (nSPS) is 11.2. The van der Waals surface area contributed by atoms with E-state index >= 15 is 0 Å². The molecule has 0 aliphatic rings. The Labute approximate surface area is 187 Å². The third-order valence-corrected chi connectivity index (χ3v) is 3.81. The minimum Gasteiger partial charge on any atom is -0.379 e. The highest BCUT2D eigenvalue weighted by Crippen LogP contribution is 2.07. The minimum atomic E-state index is 0. The van der Waals surface area contributed by atoms with Gasteiger partial charge >= 0.3 is 0 Å². The van der Waals surface area contributed by atoms with Gasteiger partial charge in [0.05, 0.1) is 33.0 Å². The van der Waals surface area contributed by atoms with E-state index in [1.54, 1.807) is 0 Å². The Hall–Kier alpha value is -0.900. The van der Waals surface area contributed by atoms with Gasteiger partial charge in [0, 0.05) is 26.3 Å². The molecule has 0 saturated carbocycles. The van der Waals surface area contributed by atoms with Crippen LogP contribution in [0, 0.1) is 0 Å². The summed E-state index contributed by atoms with van der Waals surface area (Å²) in [6.45, 7) is 12.5. The van der Waals surface area contributed by atoms with E-state index in [1.165, 1.54) is 11.1 Å². The monoisotopic (exact) mass is 507 g/mol. The number of nitrogens with one attached hydrogen (secondary N) is 2. The number of rotatable bonds is 15. The summed E-state index contributed by atoms with van der Waals surface area (Å²) in [4.78, 5) is 4.63. The van der Waals surface area contributed by atoms with E-state index in [1.807, 2.05) is 6.92 Å². The van der Waals surface area contributed by atoms with Gasteiger partial charge in [-0.1, -0.05) is 37.6 Å². The molecule has 162 valence electrons. The van der Waals surface area contributed by atoms with E-state index in [9.17, 15) is 0 Å². The summed E-state index contributed by atoms with van der Waals surface area (Å²) >= 11 is 0. The van der Waals surface area contributed by atoms with Gasteiger partial charge in [-0.25, -0.2) is 4.99 Å². The molecule has 0 fully saturated rings. The van der Waals surface area contributed by atoms with Crippen molar-refractivity contribution in [3.8, 4) is 0 Å². The summed E-state index contributed by atoms with van der Waals surface area (Å²) in [6.07, 6.45) is 2.27. The van der Waals surface area contributed by atoms with Gasteiger partial charge < -0.3 is 24.8 Å². The largest absolute Gasteiger partial charge is 0.379 e. The fourth-order valence-corrected chi connectivity index (χ4v) is 2.28. The molecule has 0 aliphatic heterocycles. The Bertz CT molecular complexity index is 498. The van der Waals surface area contributed by atoms with Crippen LogP contribution in [-0.4, -0.2) is 52.1 Å². The van der Waals surface area contributed by atoms with Gasteiger partial charge in [-0.2, -0.15) is 0 Å². The molecule has 7 heteroatoms. The quantitative estimate of drug-likeness (QED) is 0.164. The number of unbranched alkanes of at least 4 members (excludes halogenated alkanes) is 1. The molecular formula is C21H38IN3O3. The molecule has 1 aromatic rings. The molecule has 0 amide bonds. The van der Waals surface area contributed by atoms with Crippen molar-refractivity contribution in [2.45, 2.75) is 46.8 Å². The third kappa shape index (κ3) is 14.1. The maximum Gasteiger partial charge on any atom is 0.191 e. The van der Waals surface area contributed by atoms with Crippen LogP contribution in [0.1, 0.15) is 44.7 Å². The Morgan fingerprint density at radius 1 is 0.857 bits per heavy atom. The number of halogens is 1. The van der Waals surface area contributed by atoms with Gasteiger partial charge in [0.1, 0.15) is 0 Å². The summed E-state index contributed by atoms with van der Waals surface area (Å²) < 4.78 is 16.5. The predicted octanol–water partition coefficient (Wildman–Crippen LogP) is 3.73. The van der Waals surface area contributed by atoms with E-state index < -0.39 is 0 Å². The number of guanidine groups is 1. The number of ether oxygens (including phenoxy) is 3. The standard InChI is InChI=1S/C21H37N3O3.HI/c1-4-7-13-26-15-16-27-14-12-23-21(22-5-2)24-17-19-8-10-20(11-9-19)18-25-6-3;/h8-11H,4-7,12-18H2,1-3H3,(H2,22,23,24);1H. The lowest BCUT2D eigenvalue weighted by molar-refractivity contribution is 0.0487. The van der Waals surface area contributed by atoms with Gasteiger partial charge in [-0.15, -0.1) is 24.0 Å². The number of nitrogens with zero attached hydrogens (tertiary/aromatic N) is 1. The van der Waals surface area contributed by atoms with Crippen molar-refractivity contribution in [2.75, 3.05) is 46.1 Å². The lowest BCUT2D eigenvalue weighted by Crippen LogP contribution is -2.39. The van der Waals surface area contributed by atoms with Gasteiger partial charge in [0.25, 0.3) is 0 Å². The maximum atomic E-state index is 5.57. The SMILES string of the molecule is CCCCOCCOCCNC(=NCc1ccc(COCC)cc1)NCC.I. The van der Waals surface area contributed by atoms with Crippen molar-refractivity contribution in [3.63, 3.8) is 0 Å². The van der Waals surface area contributed by atoms with Gasteiger partial charge in [0.2, 0.25) is 0 Å². The molecule has 0 radical (unpaired) electrons. The minimum absolute atomic E-state index is 0. The van der Waals surface area contributed by atoms with E-state index in [4.69, 9.17) is 14.2 Å². The van der Waals surface area contributed by atoms with Gasteiger partial charge in [0.15, 0.2) is 5.96 Å². The zero-order valence-electron chi connectivity index (χ0n) is 17.7. The average Bonchev–Trinajstić information content (AvgIpc) is 2.70. The van der Waals surface area contributed by atoms with Crippen LogP contribution in [0.25, 0.3) is 0 Å². The van der Waals surface area contributed by atoms with Crippen LogP contribution in [0.5, 0.6) is 0 Å². The summed E-state index contributed by atoms with van der Waals surface area (Å²) in [5.74, 6) is 0.804. The van der Waals surface area contributed by atoms with Crippen molar-refractivity contribution < 1.29 is 14.2 Å². The van der Waals surface area contributed by atoms with E-state index in [2.05, 4.69) is 53.7 Å². The molecule has 0 saturated heterocycles. The number of hydrogen-bond acceptors (Lipinski definition) is 4. The molecule has 0 unspecified atom stereocenters. The highest BCUT2D eigenvalue weighted by Gasteiger charge is 1.99. The molecule has 1 aromatic carbocycles. The van der Waals surface area contributed by atoms with Crippen molar-refractivity contribution in [3.05, 3.63) is 35.4 Å². The summed E-state index contributed by atoms with van der Waals surface area (Å²) in [5.41, 5.74) is 2.36. The van der Waals surface area contributed by atoms with Crippen LogP contribution >= 0.6 is 24.0 Å². The molecule has 0 aliphatic carbocycles. The topological polar surface area (TPSA) is 64.1 Å². The molecule has 0 aromatic heterocycles. The molecule has 6 nitrogen and oxygen atoms in total. The number of hydrogen-bond donors (Lipinski definition) is 2. The molecule has 0 bridgehead atoms. The first kappa shape index (κ1) is 27.1. The Kier molecular flexibility index (Phi) is 18.8. The first-order valence-corrected chi connectivity index (χ1v) is 10.1. The van der Waals surface area contributed by atoms with Crippen LogP contribution < -0.4 is 10.6 Å². The Morgan fingerprint density at radius 3 is 2.18 bits per heavy atom. The average molecular weight is 507 g/mol. The third-order valence-electron chi connectivity index (χ3n) is 3.81. The fourth-order valence-electron chi connectivity index (χ4n) is 2.28. The van der Waals surface area contributed by atoms with E-state index in [0.29, 0.717) is 39.5 Å². The maximum absolute atomic E-state index is 5.57. The summed E-state index contributed by atoms with van der Waals surface area (Å²) in [7, 11) is 0. The van der Waals surface area contributed by atoms with Crippen molar-refractivity contribution in [2.24, 2.45) is 4.99 Å². The molecule has 0 atom stereocenters. The van der Waals surface area contributed by atoms with Crippen LogP contribution in [0.15, 0.2) is 29.3 Å². The lowest BCUT2D eigenvalue weighted by Gasteiger charge is -2.12. The zero-order valence-corrected chi connectivity index (χ0v) is 20.0. The summed E-state index contributed by atoms with van der Waals surface area (Å²) in [6, 6.07) is 8.39. The lowest BCUT2D eigenvalue weighted by atomic mass is 10.1. The highest BCUT2D eigenvalue weighted by molar-refractivity contribution is 14.0. The first-order chi connectivity index (χ1) is 13.3. The summed E-state index contributed by atoms with van der Waals surface area (Å²) in [5, 5.41) is 6.55.